The second kappa shape index (κ2) is 4.32. The van der Waals surface area contributed by atoms with Gasteiger partial charge in [0.1, 0.15) is 5.00 Å². The fourth-order valence-electron chi connectivity index (χ4n) is 1.51. The smallest absolute Gasteiger partial charge is 0.225 e. The Bertz CT molecular complexity index is 334. The van der Waals surface area contributed by atoms with Crippen LogP contribution in [0, 0.1) is 5.92 Å². The van der Waals surface area contributed by atoms with Crippen LogP contribution in [-0.4, -0.2) is 15.5 Å². The summed E-state index contributed by atoms with van der Waals surface area (Å²) in [6.07, 6.45) is 8.56. The molecule has 74 valence electrons. The summed E-state index contributed by atoms with van der Waals surface area (Å²) in [5.41, 5.74) is 0. The minimum absolute atomic E-state index is 0.0487. The average Bonchev–Trinajstić information content (AvgIpc) is 2.76. The van der Waals surface area contributed by atoms with Gasteiger partial charge in [-0.25, -0.2) is 0 Å². The lowest BCUT2D eigenvalue weighted by atomic mass is 10.1. The molecule has 4 nitrogen and oxygen atoms in total. The summed E-state index contributed by atoms with van der Waals surface area (Å²) < 4.78 is 3.67. The lowest BCUT2D eigenvalue weighted by Crippen LogP contribution is -2.13. The molecule has 0 aromatic carbocycles. The van der Waals surface area contributed by atoms with Gasteiger partial charge in [-0.3, -0.25) is 4.79 Å². The van der Waals surface area contributed by atoms with Crippen molar-refractivity contribution in [3.63, 3.8) is 0 Å². The van der Waals surface area contributed by atoms with Crippen LogP contribution >= 0.6 is 11.5 Å². The van der Waals surface area contributed by atoms with Crippen LogP contribution in [0.4, 0.5) is 5.00 Å². The van der Waals surface area contributed by atoms with Crippen molar-refractivity contribution in [3.8, 4) is 0 Å². The van der Waals surface area contributed by atoms with Crippen molar-refractivity contribution in [2.24, 2.45) is 5.92 Å². The predicted octanol–water partition coefficient (Wildman–Crippen LogP) is 1.83. The van der Waals surface area contributed by atoms with E-state index < -0.39 is 0 Å². The van der Waals surface area contributed by atoms with Crippen molar-refractivity contribution in [1.82, 2.24) is 9.59 Å². The van der Waals surface area contributed by atoms with E-state index in [4.69, 9.17) is 0 Å². The molecule has 1 amide bonds. The molecule has 1 heterocycles. The number of nitrogens with one attached hydrogen (secondary N) is 1. The highest BCUT2D eigenvalue weighted by molar-refractivity contribution is 7.10. The van der Waals surface area contributed by atoms with E-state index in [2.05, 4.69) is 27.1 Å². The van der Waals surface area contributed by atoms with E-state index in [-0.39, 0.29) is 5.91 Å². The van der Waals surface area contributed by atoms with E-state index in [0.717, 1.165) is 17.8 Å². The summed E-state index contributed by atoms with van der Waals surface area (Å²) in [7, 11) is 0. The molecular formula is C9H11N3OS. The van der Waals surface area contributed by atoms with E-state index in [9.17, 15) is 4.79 Å². The Labute approximate surface area is 86.2 Å². The van der Waals surface area contributed by atoms with E-state index in [1.807, 2.05) is 0 Å². The Morgan fingerprint density at radius 2 is 2.64 bits per heavy atom. The van der Waals surface area contributed by atoms with Gasteiger partial charge in [-0.15, -0.1) is 5.10 Å². The Kier molecular flexibility index (Phi) is 2.88. The maximum atomic E-state index is 11.5. The average molecular weight is 209 g/mol. The predicted molar refractivity (Wildman–Crippen MR) is 55.0 cm³/mol. The topological polar surface area (TPSA) is 54.9 Å². The maximum Gasteiger partial charge on any atom is 0.225 e. The number of carbonyl (C=O) groups excluding carboxylic acids is 1. The van der Waals surface area contributed by atoms with Gasteiger partial charge in [0.2, 0.25) is 5.91 Å². The highest BCUT2D eigenvalue weighted by Crippen LogP contribution is 2.21. The number of carbonyl (C=O) groups is 1. The fourth-order valence-corrected chi connectivity index (χ4v) is 1.95. The third-order valence-electron chi connectivity index (χ3n) is 2.18. The van der Waals surface area contributed by atoms with Crippen LogP contribution in [0.5, 0.6) is 0 Å². The third kappa shape index (κ3) is 2.38. The first-order chi connectivity index (χ1) is 6.84. The molecule has 1 aromatic rings. The minimum Gasteiger partial charge on any atom is -0.315 e. The molecule has 14 heavy (non-hydrogen) atoms. The summed E-state index contributed by atoms with van der Waals surface area (Å²) in [5, 5.41) is 7.14. The van der Waals surface area contributed by atoms with Crippen molar-refractivity contribution in [2.75, 3.05) is 5.32 Å². The Morgan fingerprint density at radius 1 is 1.71 bits per heavy atom. The van der Waals surface area contributed by atoms with Crippen molar-refractivity contribution in [2.45, 2.75) is 19.3 Å². The summed E-state index contributed by atoms with van der Waals surface area (Å²) in [5.74, 6) is 0.462. The zero-order chi connectivity index (χ0) is 9.80. The first kappa shape index (κ1) is 9.33. The third-order valence-corrected chi connectivity index (χ3v) is 2.76. The molecule has 0 saturated heterocycles. The summed E-state index contributed by atoms with van der Waals surface area (Å²) in [4.78, 5) is 11.5. The van der Waals surface area contributed by atoms with Gasteiger partial charge in [-0.1, -0.05) is 16.6 Å². The standard InChI is InChI=1S/C9H11N3OS/c13-8(5-7-3-1-2-4-7)11-9-6-10-12-14-9/h1,3,6-7H,2,4-5H2,(H,11,13)/t7-/m1/s1. The lowest BCUT2D eigenvalue weighted by Gasteiger charge is -2.05. The molecule has 2 rings (SSSR count). The van der Waals surface area contributed by atoms with Crippen LogP contribution < -0.4 is 5.32 Å². The van der Waals surface area contributed by atoms with E-state index >= 15 is 0 Å². The molecule has 0 fully saturated rings. The van der Waals surface area contributed by atoms with Crippen LogP contribution in [0.2, 0.25) is 0 Å². The van der Waals surface area contributed by atoms with Gasteiger partial charge >= 0.3 is 0 Å². The van der Waals surface area contributed by atoms with Crippen LogP contribution in [-0.2, 0) is 4.79 Å². The van der Waals surface area contributed by atoms with Gasteiger partial charge in [-0.05, 0) is 18.8 Å². The maximum absolute atomic E-state index is 11.5. The van der Waals surface area contributed by atoms with Crippen LogP contribution in [0.1, 0.15) is 19.3 Å². The molecule has 0 unspecified atom stereocenters. The fraction of sp³-hybridized carbons (Fsp3) is 0.444. The molecule has 0 radical (unpaired) electrons. The Balaban J connectivity index is 1.81. The Morgan fingerprint density at radius 3 is 3.29 bits per heavy atom. The summed E-state index contributed by atoms with van der Waals surface area (Å²) in [6.45, 7) is 0. The van der Waals surface area contributed by atoms with Crippen molar-refractivity contribution in [3.05, 3.63) is 18.3 Å². The normalized spacial score (nSPS) is 19.9. The van der Waals surface area contributed by atoms with E-state index in [1.165, 1.54) is 11.5 Å². The SMILES string of the molecule is O=C(C[C@@H]1C=CCC1)Nc1cnns1. The van der Waals surface area contributed by atoms with Crippen molar-refractivity contribution in [1.29, 1.82) is 0 Å². The number of aromatic nitrogens is 2. The molecule has 1 aromatic heterocycles. The van der Waals surface area contributed by atoms with Gasteiger partial charge < -0.3 is 5.32 Å². The molecule has 0 aliphatic heterocycles. The quantitative estimate of drug-likeness (QED) is 0.773. The van der Waals surface area contributed by atoms with E-state index in [1.54, 1.807) is 6.20 Å². The molecule has 0 saturated carbocycles. The van der Waals surface area contributed by atoms with Gasteiger partial charge in [0.15, 0.2) is 0 Å². The van der Waals surface area contributed by atoms with Gasteiger partial charge in [0.05, 0.1) is 6.20 Å². The summed E-state index contributed by atoms with van der Waals surface area (Å²) >= 11 is 1.20. The van der Waals surface area contributed by atoms with Crippen LogP contribution in [0.25, 0.3) is 0 Å². The van der Waals surface area contributed by atoms with E-state index in [0.29, 0.717) is 12.3 Å². The first-order valence-electron chi connectivity index (χ1n) is 4.58. The largest absolute Gasteiger partial charge is 0.315 e. The second-order valence-corrected chi connectivity index (χ2v) is 4.09. The number of nitrogens with zero attached hydrogens (tertiary/aromatic N) is 2. The highest BCUT2D eigenvalue weighted by Gasteiger charge is 2.14. The lowest BCUT2D eigenvalue weighted by molar-refractivity contribution is -0.116. The summed E-state index contributed by atoms with van der Waals surface area (Å²) in [6, 6.07) is 0. The van der Waals surface area contributed by atoms with Crippen LogP contribution in [0.15, 0.2) is 18.3 Å². The minimum atomic E-state index is 0.0487. The number of allylic oxidation sites excluding steroid dienone is 2. The number of hydrogen-bond donors (Lipinski definition) is 1. The molecule has 0 bridgehead atoms. The highest BCUT2D eigenvalue weighted by atomic mass is 32.1. The molecule has 1 aliphatic rings. The van der Waals surface area contributed by atoms with Gasteiger partial charge in [0.25, 0.3) is 0 Å². The molecule has 5 heteroatoms. The molecule has 1 N–H and O–H groups in total. The Hall–Kier alpha value is -1.23. The van der Waals surface area contributed by atoms with Crippen LogP contribution in [0.3, 0.4) is 0 Å². The monoisotopic (exact) mass is 209 g/mol. The number of amides is 1. The zero-order valence-corrected chi connectivity index (χ0v) is 8.46. The number of rotatable bonds is 3. The van der Waals surface area contributed by atoms with Crippen molar-refractivity contribution < 1.29 is 4.79 Å². The first-order valence-corrected chi connectivity index (χ1v) is 5.36. The van der Waals surface area contributed by atoms with Gasteiger partial charge in [-0.2, -0.15) is 0 Å². The van der Waals surface area contributed by atoms with Crippen molar-refractivity contribution >= 4 is 22.4 Å². The molecular weight excluding hydrogens is 198 g/mol. The number of hydrogen-bond acceptors (Lipinski definition) is 4. The second-order valence-electron chi connectivity index (χ2n) is 3.30. The zero-order valence-electron chi connectivity index (χ0n) is 7.64. The molecule has 1 aliphatic carbocycles. The molecule has 1 atom stereocenters. The molecule has 0 spiro atoms. The van der Waals surface area contributed by atoms with Gasteiger partial charge in [0, 0.05) is 18.0 Å². The number of anilines is 1.